The van der Waals surface area contributed by atoms with Crippen molar-refractivity contribution in [2.75, 3.05) is 0 Å². The summed E-state index contributed by atoms with van der Waals surface area (Å²) in [5, 5.41) is 12.8. The fourth-order valence-electron chi connectivity index (χ4n) is 2.22. The Hall–Kier alpha value is -1.66. The first-order valence-electron chi connectivity index (χ1n) is 6.77. The summed E-state index contributed by atoms with van der Waals surface area (Å²) in [7, 11) is -3.43. The van der Waals surface area contributed by atoms with Crippen molar-refractivity contribution in [1.29, 1.82) is 0 Å². The van der Waals surface area contributed by atoms with Gasteiger partial charge in [-0.1, -0.05) is 12.1 Å². The summed E-state index contributed by atoms with van der Waals surface area (Å²) < 4.78 is 25.2. The maximum absolute atomic E-state index is 12.1. The number of rotatable bonds is 4. The number of aliphatic hydroxyl groups excluding tert-OH is 1. The topological polar surface area (TPSA) is 72.2 Å². The second-order valence-electron chi connectivity index (χ2n) is 5.44. The van der Waals surface area contributed by atoms with Crippen molar-refractivity contribution in [3.8, 4) is 11.1 Å². The number of nitrogens with zero attached hydrogens (tertiary/aromatic N) is 2. The molecule has 0 unspecified atom stereocenters. The second-order valence-corrected chi connectivity index (χ2v) is 7.79. The lowest BCUT2D eigenvalue weighted by atomic mass is 9.97. The highest BCUT2D eigenvalue weighted by Crippen LogP contribution is 2.25. The van der Waals surface area contributed by atoms with Gasteiger partial charge in [-0.2, -0.15) is 9.19 Å². The van der Waals surface area contributed by atoms with E-state index in [1.54, 1.807) is 20.0 Å². The van der Waals surface area contributed by atoms with E-state index in [2.05, 4.69) is 5.10 Å². The molecule has 0 radical (unpaired) electrons. The first kappa shape index (κ1) is 15.7. The van der Waals surface area contributed by atoms with Crippen LogP contribution in [0.25, 0.3) is 11.1 Å². The Bertz CT molecular complexity index is 738. The summed E-state index contributed by atoms with van der Waals surface area (Å²) in [6.07, 6.45) is 3.08. The highest BCUT2D eigenvalue weighted by atomic mass is 32.2. The highest BCUT2D eigenvalue weighted by Gasteiger charge is 2.20. The molecule has 114 valence electrons. The van der Waals surface area contributed by atoms with Crippen LogP contribution in [0.15, 0.2) is 24.5 Å². The average molecular weight is 308 g/mol. The molecule has 0 amide bonds. The minimum Gasteiger partial charge on any atom is -0.392 e. The lowest BCUT2D eigenvalue weighted by Gasteiger charge is -2.09. The van der Waals surface area contributed by atoms with E-state index >= 15 is 0 Å². The van der Waals surface area contributed by atoms with Crippen LogP contribution in [0.5, 0.6) is 0 Å². The van der Waals surface area contributed by atoms with E-state index in [-0.39, 0.29) is 6.61 Å². The van der Waals surface area contributed by atoms with Crippen molar-refractivity contribution in [1.82, 2.24) is 9.19 Å². The predicted octanol–water partition coefficient (Wildman–Crippen LogP) is 2.25. The molecular weight excluding hydrogens is 288 g/mol. The van der Waals surface area contributed by atoms with Crippen molar-refractivity contribution in [2.24, 2.45) is 0 Å². The molecule has 1 heterocycles. The van der Waals surface area contributed by atoms with Gasteiger partial charge in [0.05, 0.1) is 24.3 Å². The van der Waals surface area contributed by atoms with E-state index in [0.717, 1.165) is 31.9 Å². The third-order valence-corrected chi connectivity index (χ3v) is 5.52. The summed E-state index contributed by atoms with van der Waals surface area (Å²) in [5.74, 6) is 0. The number of aliphatic hydroxyl groups is 1. The third kappa shape index (κ3) is 2.87. The maximum atomic E-state index is 12.1. The molecule has 6 heteroatoms. The monoisotopic (exact) mass is 308 g/mol. The quantitative estimate of drug-likeness (QED) is 0.940. The molecule has 1 aromatic heterocycles. The van der Waals surface area contributed by atoms with Crippen molar-refractivity contribution in [2.45, 2.75) is 39.6 Å². The van der Waals surface area contributed by atoms with E-state index in [1.807, 2.05) is 26.0 Å². The van der Waals surface area contributed by atoms with Crippen LogP contribution in [0.2, 0.25) is 0 Å². The number of aromatic nitrogens is 2. The van der Waals surface area contributed by atoms with Crippen molar-refractivity contribution < 1.29 is 13.5 Å². The molecule has 2 aromatic rings. The number of hydrogen-bond acceptors (Lipinski definition) is 4. The largest absolute Gasteiger partial charge is 0.392 e. The van der Waals surface area contributed by atoms with Gasteiger partial charge in [0.1, 0.15) is 0 Å². The molecule has 0 saturated carbocycles. The number of benzene rings is 1. The Labute approximate surface area is 125 Å². The summed E-state index contributed by atoms with van der Waals surface area (Å²) in [6.45, 7) is 7.11. The van der Waals surface area contributed by atoms with Gasteiger partial charge < -0.3 is 5.11 Å². The summed E-state index contributed by atoms with van der Waals surface area (Å²) in [5.41, 5.74) is 4.50. The van der Waals surface area contributed by atoms with Gasteiger partial charge in [-0.15, -0.1) is 0 Å². The van der Waals surface area contributed by atoms with Crippen LogP contribution in [0, 0.1) is 13.8 Å². The molecule has 0 spiro atoms. The van der Waals surface area contributed by atoms with E-state index in [0.29, 0.717) is 0 Å². The molecule has 2 rings (SSSR count). The average Bonchev–Trinajstić information content (AvgIpc) is 2.88. The maximum Gasteiger partial charge on any atom is 0.256 e. The van der Waals surface area contributed by atoms with Gasteiger partial charge >= 0.3 is 0 Å². The van der Waals surface area contributed by atoms with Gasteiger partial charge in [0.2, 0.25) is 0 Å². The lowest BCUT2D eigenvalue weighted by Crippen LogP contribution is -2.22. The minimum atomic E-state index is -3.43. The van der Waals surface area contributed by atoms with Crippen LogP contribution >= 0.6 is 0 Å². The molecular formula is C15H20N2O3S. The highest BCUT2D eigenvalue weighted by molar-refractivity contribution is 7.90. The fourth-order valence-corrected chi connectivity index (χ4v) is 3.09. The van der Waals surface area contributed by atoms with Crippen LogP contribution in [0.1, 0.15) is 30.5 Å². The molecule has 0 bridgehead atoms. The second kappa shape index (κ2) is 5.61. The lowest BCUT2D eigenvalue weighted by molar-refractivity contribution is 0.280. The normalized spacial score (nSPS) is 12.1. The number of aryl methyl sites for hydroxylation is 2. The first-order valence-corrected chi connectivity index (χ1v) is 8.28. The Morgan fingerprint density at radius 2 is 1.76 bits per heavy atom. The van der Waals surface area contributed by atoms with Gasteiger partial charge in [0.15, 0.2) is 0 Å². The Morgan fingerprint density at radius 1 is 1.19 bits per heavy atom. The summed E-state index contributed by atoms with van der Waals surface area (Å²) in [4.78, 5) is 0. The van der Waals surface area contributed by atoms with E-state index in [4.69, 9.17) is 0 Å². The minimum absolute atomic E-state index is 0.00105. The van der Waals surface area contributed by atoms with E-state index in [1.165, 1.54) is 6.20 Å². The molecule has 5 nitrogen and oxygen atoms in total. The molecule has 0 atom stereocenters. The van der Waals surface area contributed by atoms with Gasteiger partial charge in [-0.25, -0.2) is 8.42 Å². The summed E-state index contributed by atoms with van der Waals surface area (Å²) in [6, 6.07) is 3.86. The van der Waals surface area contributed by atoms with Crippen molar-refractivity contribution in [3.63, 3.8) is 0 Å². The van der Waals surface area contributed by atoms with Gasteiger partial charge in [-0.05, 0) is 49.9 Å². The van der Waals surface area contributed by atoms with Crippen LogP contribution in [-0.4, -0.2) is 28.0 Å². The van der Waals surface area contributed by atoms with E-state index in [9.17, 15) is 13.5 Å². The molecule has 0 fully saturated rings. The molecule has 0 aliphatic carbocycles. The zero-order valence-corrected chi connectivity index (χ0v) is 13.5. The molecule has 0 saturated heterocycles. The Balaban J connectivity index is 2.48. The summed E-state index contributed by atoms with van der Waals surface area (Å²) >= 11 is 0. The van der Waals surface area contributed by atoms with Gasteiger partial charge in [0, 0.05) is 5.56 Å². The Kier molecular flexibility index (Phi) is 4.20. The van der Waals surface area contributed by atoms with Crippen molar-refractivity contribution >= 4 is 10.0 Å². The van der Waals surface area contributed by atoms with Gasteiger partial charge in [0.25, 0.3) is 10.0 Å². The molecule has 0 aliphatic rings. The fraction of sp³-hybridized carbons (Fsp3) is 0.400. The number of hydrogen-bond donors (Lipinski definition) is 1. The van der Waals surface area contributed by atoms with E-state index < -0.39 is 15.3 Å². The Morgan fingerprint density at radius 3 is 2.24 bits per heavy atom. The molecule has 1 aromatic carbocycles. The molecule has 0 aliphatic heterocycles. The third-order valence-electron chi connectivity index (χ3n) is 3.60. The zero-order chi connectivity index (χ0) is 15.8. The van der Waals surface area contributed by atoms with Crippen LogP contribution in [-0.2, 0) is 16.6 Å². The smallest absolute Gasteiger partial charge is 0.256 e. The van der Waals surface area contributed by atoms with Crippen LogP contribution in [0.4, 0.5) is 0 Å². The zero-order valence-electron chi connectivity index (χ0n) is 12.7. The molecule has 1 N–H and O–H groups in total. The predicted molar refractivity (Wildman–Crippen MR) is 82.5 cm³/mol. The SMILES string of the molecule is Cc1cc(-c2cnn(S(=O)(=O)C(C)C)c2)cc(C)c1CO. The van der Waals surface area contributed by atoms with Gasteiger partial charge in [-0.3, -0.25) is 0 Å². The molecule has 21 heavy (non-hydrogen) atoms. The van der Waals surface area contributed by atoms with Crippen LogP contribution < -0.4 is 0 Å². The standard InChI is InChI=1S/C15H20N2O3S/c1-10(2)21(19,20)17-8-14(7-16-17)13-5-11(3)15(9-18)12(4)6-13/h5-8,10,18H,9H2,1-4H3. The van der Waals surface area contributed by atoms with Crippen LogP contribution in [0.3, 0.4) is 0 Å². The first-order chi connectivity index (χ1) is 9.77. The van der Waals surface area contributed by atoms with Crippen molar-refractivity contribution in [3.05, 3.63) is 41.2 Å².